The summed E-state index contributed by atoms with van der Waals surface area (Å²) in [7, 11) is 0. The zero-order chi connectivity index (χ0) is 20.6. The number of non-ortho nitro benzene ring substituents is 1. The Hall–Kier alpha value is -4.20. The minimum atomic E-state index is -0.590. The predicted molar refractivity (Wildman–Crippen MR) is 108 cm³/mol. The SMILES string of the molecule is O=C(COc1ccccc1-c1ccccc1)N/N=C/c1cc([N+](=O)[O-])ccc1O. The van der Waals surface area contributed by atoms with Crippen LogP contribution in [-0.4, -0.2) is 28.8 Å². The maximum absolute atomic E-state index is 12.0. The normalized spacial score (nSPS) is 10.6. The van der Waals surface area contributed by atoms with Gasteiger partial charge in [-0.15, -0.1) is 0 Å². The Morgan fingerprint density at radius 1 is 1.10 bits per heavy atom. The van der Waals surface area contributed by atoms with Gasteiger partial charge in [-0.3, -0.25) is 14.9 Å². The molecule has 0 spiro atoms. The number of nitro benzene ring substituents is 1. The topological polar surface area (TPSA) is 114 Å². The number of nitrogens with zero attached hydrogens (tertiary/aromatic N) is 2. The predicted octanol–water partition coefficient (Wildman–Crippen LogP) is 3.50. The molecule has 2 N–H and O–H groups in total. The van der Waals surface area contributed by atoms with E-state index in [4.69, 9.17) is 4.74 Å². The molecule has 0 bridgehead atoms. The standard InChI is InChI=1S/C21H17N3O5/c25-19-11-10-17(24(27)28)12-16(19)13-22-23-21(26)14-29-20-9-5-4-8-18(20)15-6-2-1-3-7-15/h1-13,25H,14H2,(H,23,26)/b22-13+. The zero-order valence-corrected chi connectivity index (χ0v) is 15.2. The molecule has 146 valence electrons. The van der Waals surface area contributed by atoms with Crippen LogP contribution >= 0.6 is 0 Å². The molecule has 29 heavy (non-hydrogen) atoms. The summed E-state index contributed by atoms with van der Waals surface area (Å²) in [6.07, 6.45) is 1.12. The third kappa shape index (κ3) is 5.16. The van der Waals surface area contributed by atoms with Gasteiger partial charge in [-0.2, -0.15) is 5.10 Å². The molecule has 0 saturated carbocycles. The van der Waals surface area contributed by atoms with Gasteiger partial charge in [-0.1, -0.05) is 48.5 Å². The highest BCUT2D eigenvalue weighted by atomic mass is 16.6. The first-order valence-corrected chi connectivity index (χ1v) is 8.61. The second-order valence-corrected chi connectivity index (χ2v) is 5.94. The van der Waals surface area contributed by atoms with E-state index in [1.54, 1.807) is 6.07 Å². The van der Waals surface area contributed by atoms with Crippen LogP contribution in [0, 0.1) is 10.1 Å². The molecule has 0 radical (unpaired) electrons. The van der Waals surface area contributed by atoms with Crippen molar-refractivity contribution in [2.75, 3.05) is 6.61 Å². The molecule has 0 saturated heterocycles. The van der Waals surface area contributed by atoms with Gasteiger partial charge in [0, 0.05) is 23.3 Å². The van der Waals surface area contributed by atoms with Crippen LogP contribution in [-0.2, 0) is 4.79 Å². The van der Waals surface area contributed by atoms with Gasteiger partial charge < -0.3 is 9.84 Å². The number of carbonyl (C=O) groups excluding carboxylic acids is 1. The lowest BCUT2D eigenvalue weighted by Gasteiger charge is -2.10. The van der Waals surface area contributed by atoms with Gasteiger partial charge in [0.2, 0.25) is 0 Å². The number of ether oxygens (including phenoxy) is 1. The zero-order valence-electron chi connectivity index (χ0n) is 15.2. The fourth-order valence-corrected chi connectivity index (χ4v) is 2.56. The number of hydrazone groups is 1. The highest BCUT2D eigenvalue weighted by molar-refractivity contribution is 5.86. The van der Waals surface area contributed by atoms with E-state index in [-0.39, 0.29) is 23.6 Å². The number of hydrogen-bond acceptors (Lipinski definition) is 6. The lowest BCUT2D eigenvalue weighted by molar-refractivity contribution is -0.384. The molecule has 0 aliphatic carbocycles. The lowest BCUT2D eigenvalue weighted by atomic mass is 10.1. The van der Waals surface area contributed by atoms with Crippen LogP contribution in [0.15, 0.2) is 77.9 Å². The van der Waals surface area contributed by atoms with E-state index in [2.05, 4.69) is 10.5 Å². The number of phenols is 1. The maximum Gasteiger partial charge on any atom is 0.277 e. The Labute approximate surface area is 166 Å². The monoisotopic (exact) mass is 391 g/mol. The molecule has 0 aliphatic heterocycles. The van der Waals surface area contributed by atoms with E-state index in [1.807, 2.05) is 48.5 Å². The van der Waals surface area contributed by atoms with Crippen molar-refractivity contribution >= 4 is 17.8 Å². The van der Waals surface area contributed by atoms with Gasteiger partial charge >= 0.3 is 0 Å². The number of hydrogen-bond donors (Lipinski definition) is 2. The van der Waals surface area contributed by atoms with E-state index in [0.29, 0.717) is 5.75 Å². The molecule has 3 aromatic rings. The number of benzene rings is 3. The Morgan fingerprint density at radius 3 is 2.59 bits per heavy atom. The van der Waals surface area contributed by atoms with Crippen molar-refractivity contribution in [1.29, 1.82) is 0 Å². The van der Waals surface area contributed by atoms with Crippen LogP contribution in [0.3, 0.4) is 0 Å². The first kappa shape index (κ1) is 19.6. The van der Waals surface area contributed by atoms with E-state index in [1.165, 1.54) is 12.1 Å². The Bertz CT molecular complexity index is 1050. The quantitative estimate of drug-likeness (QED) is 0.363. The molecular formula is C21H17N3O5. The third-order valence-corrected chi connectivity index (χ3v) is 3.95. The van der Waals surface area contributed by atoms with Crippen molar-refractivity contribution in [3.05, 3.63) is 88.5 Å². The summed E-state index contributed by atoms with van der Waals surface area (Å²) < 4.78 is 5.61. The maximum atomic E-state index is 12.0. The Morgan fingerprint density at radius 2 is 1.83 bits per heavy atom. The number of rotatable bonds is 7. The number of aromatic hydroxyl groups is 1. The van der Waals surface area contributed by atoms with Crippen molar-refractivity contribution in [1.82, 2.24) is 5.43 Å². The summed E-state index contributed by atoms with van der Waals surface area (Å²) in [5, 5.41) is 24.2. The molecule has 0 aromatic heterocycles. The summed E-state index contributed by atoms with van der Waals surface area (Å²) in [6, 6.07) is 20.5. The molecule has 0 atom stereocenters. The minimum absolute atomic E-state index is 0.106. The van der Waals surface area contributed by atoms with Crippen molar-refractivity contribution in [2.24, 2.45) is 5.10 Å². The van der Waals surface area contributed by atoms with Crippen LogP contribution in [0.25, 0.3) is 11.1 Å². The molecule has 3 aromatic carbocycles. The highest BCUT2D eigenvalue weighted by Crippen LogP contribution is 2.29. The van der Waals surface area contributed by atoms with E-state index < -0.39 is 10.8 Å². The number of nitro groups is 1. The van der Waals surface area contributed by atoms with Gasteiger partial charge in [0.25, 0.3) is 11.6 Å². The first-order valence-electron chi connectivity index (χ1n) is 8.61. The average molecular weight is 391 g/mol. The van der Waals surface area contributed by atoms with Crippen LogP contribution in [0.1, 0.15) is 5.56 Å². The molecule has 8 nitrogen and oxygen atoms in total. The smallest absolute Gasteiger partial charge is 0.277 e. The van der Waals surface area contributed by atoms with Gasteiger partial charge in [-0.25, -0.2) is 5.43 Å². The number of phenolic OH excluding ortho intramolecular Hbond substituents is 1. The molecule has 1 amide bonds. The van der Waals surface area contributed by atoms with E-state index in [0.717, 1.165) is 23.4 Å². The van der Waals surface area contributed by atoms with E-state index >= 15 is 0 Å². The Kier molecular flexibility index (Phi) is 6.16. The van der Waals surface area contributed by atoms with Crippen LogP contribution in [0.2, 0.25) is 0 Å². The highest BCUT2D eigenvalue weighted by Gasteiger charge is 2.10. The number of carbonyl (C=O) groups is 1. The summed E-state index contributed by atoms with van der Waals surface area (Å²) in [6.45, 7) is -0.276. The first-order chi connectivity index (χ1) is 14.0. The lowest BCUT2D eigenvalue weighted by Crippen LogP contribution is -2.24. The number of amides is 1. The van der Waals surface area contributed by atoms with Crippen LogP contribution in [0.4, 0.5) is 5.69 Å². The van der Waals surface area contributed by atoms with E-state index in [9.17, 15) is 20.0 Å². The summed E-state index contributed by atoms with van der Waals surface area (Å²) in [4.78, 5) is 22.2. The summed E-state index contributed by atoms with van der Waals surface area (Å²) >= 11 is 0. The molecule has 3 rings (SSSR count). The molecule has 0 fully saturated rings. The second kappa shape index (κ2) is 9.14. The van der Waals surface area contributed by atoms with Gasteiger partial charge in [0.05, 0.1) is 11.1 Å². The van der Waals surface area contributed by atoms with Gasteiger partial charge in [0.15, 0.2) is 6.61 Å². The molecule has 8 heteroatoms. The number of nitrogens with one attached hydrogen (secondary N) is 1. The summed E-state index contributed by atoms with van der Waals surface area (Å²) in [5.41, 5.74) is 3.98. The van der Waals surface area contributed by atoms with Crippen LogP contribution in [0.5, 0.6) is 11.5 Å². The second-order valence-electron chi connectivity index (χ2n) is 5.94. The molecule has 0 aliphatic rings. The summed E-state index contributed by atoms with van der Waals surface area (Å²) in [5.74, 6) is -0.162. The average Bonchev–Trinajstić information content (AvgIpc) is 2.74. The van der Waals surface area contributed by atoms with Crippen molar-refractivity contribution in [2.45, 2.75) is 0 Å². The largest absolute Gasteiger partial charge is 0.507 e. The van der Waals surface area contributed by atoms with Crippen LogP contribution < -0.4 is 10.2 Å². The molecule has 0 heterocycles. The molecule has 0 unspecified atom stereocenters. The fraction of sp³-hybridized carbons (Fsp3) is 0.0476. The van der Waals surface area contributed by atoms with Crippen molar-refractivity contribution in [3.63, 3.8) is 0 Å². The van der Waals surface area contributed by atoms with Crippen molar-refractivity contribution in [3.8, 4) is 22.6 Å². The van der Waals surface area contributed by atoms with Crippen molar-refractivity contribution < 1.29 is 19.6 Å². The number of para-hydroxylation sites is 1. The third-order valence-electron chi connectivity index (χ3n) is 3.95. The van der Waals surface area contributed by atoms with Gasteiger partial charge in [0.1, 0.15) is 11.5 Å². The minimum Gasteiger partial charge on any atom is -0.507 e. The molecular weight excluding hydrogens is 374 g/mol. The van der Waals surface area contributed by atoms with Gasteiger partial charge in [-0.05, 0) is 17.7 Å². The Balaban J connectivity index is 1.61. The fourth-order valence-electron chi connectivity index (χ4n) is 2.56.